The number of halogens is 2. The highest BCUT2D eigenvalue weighted by molar-refractivity contribution is 5.97. The molecule has 2 unspecified atom stereocenters. The fraction of sp³-hybridized carbons (Fsp3) is 0.533. The quantitative estimate of drug-likeness (QED) is 0.863. The number of hydrogen-bond acceptors (Lipinski definition) is 3. The molecule has 1 aliphatic rings. The Labute approximate surface area is 117 Å². The van der Waals surface area contributed by atoms with Crippen molar-refractivity contribution in [2.45, 2.75) is 37.8 Å². The van der Waals surface area contributed by atoms with Crippen LogP contribution in [0.4, 0.5) is 8.78 Å². The molecule has 0 saturated heterocycles. The van der Waals surface area contributed by atoms with Crippen molar-refractivity contribution in [1.82, 2.24) is 4.90 Å². The molecular formula is C15H19F2NO2. The van der Waals surface area contributed by atoms with Crippen molar-refractivity contribution in [1.29, 1.82) is 0 Å². The summed E-state index contributed by atoms with van der Waals surface area (Å²) in [6.45, 7) is -0.0257. The van der Waals surface area contributed by atoms with Gasteiger partial charge in [-0.15, -0.1) is 0 Å². The molecule has 0 aliphatic heterocycles. The fourth-order valence-corrected chi connectivity index (χ4v) is 2.75. The maximum atomic E-state index is 13.5. The lowest BCUT2D eigenvalue weighted by Crippen LogP contribution is -2.45. The zero-order chi connectivity index (χ0) is 14.7. The van der Waals surface area contributed by atoms with Crippen molar-refractivity contribution in [2.24, 2.45) is 0 Å². The third-order valence-corrected chi connectivity index (χ3v) is 3.88. The van der Waals surface area contributed by atoms with E-state index >= 15 is 0 Å². The number of rotatable bonds is 4. The summed E-state index contributed by atoms with van der Waals surface area (Å²) in [5, 5.41) is 9.93. The highest BCUT2D eigenvalue weighted by Crippen LogP contribution is 2.22. The average molecular weight is 283 g/mol. The van der Waals surface area contributed by atoms with E-state index in [9.17, 15) is 18.7 Å². The van der Waals surface area contributed by atoms with Crippen molar-refractivity contribution >= 4 is 5.78 Å². The van der Waals surface area contributed by atoms with E-state index in [0.717, 1.165) is 43.9 Å². The minimum Gasteiger partial charge on any atom is -0.391 e. The van der Waals surface area contributed by atoms with E-state index in [1.807, 2.05) is 0 Å². The monoisotopic (exact) mass is 283 g/mol. The van der Waals surface area contributed by atoms with Crippen LogP contribution in [0.1, 0.15) is 36.0 Å². The summed E-state index contributed by atoms with van der Waals surface area (Å²) in [6, 6.07) is 2.77. The Hall–Kier alpha value is -1.33. The molecule has 0 radical (unpaired) electrons. The second kappa shape index (κ2) is 6.41. The number of benzene rings is 1. The third-order valence-electron chi connectivity index (χ3n) is 3.88. The van der Waals surface area contributed by atoms with Crippen LogP contribution < -0.4 is 0 Å². The first-order valence-corrected chi connectivity index (χ1v) is 6.85. The van der Waals surface area contributed by atoms with Gasteiger partial charge < -0.3 is 5.11 Å². The Morgan fingerprint density at radius 1 is 1.35 bits per heavy atom. The van der Waals surface area contributed by atoms with Gasteiger partial charge in [0.05, 0.1) is 18.2 Å². The van der Waals surface area contributed by atoms with Gasteiger partial charge in [0, 0.05) is 6.04 Å². The standard InChI is InChI=1S/C15H19F2NO2/c1-18(13-4-2-3-5-14(13)19)9-15(20)11-8-10(16)6-7-12(11)17/h6-8,13-14,19H,2-5,9H2,1H3. The van der Waals surface area contributed by atoms with Crippen LogP contribution in [-0.4, -0.2) is 41.5 Å². The Morgan fingerprint density at radius 3 is 2.75 bits per heavy atom. The Morgan fingerprint density at radius 2 is 2.05 bits per heavy atom. The molecule has 0 bridgehead atoms. The van der Waals surface area contributed by atoms with Gasteiger partial charge in [0.15, 0.2) is 5.78 Å². The van der Waals surface area contributed by atoms with Gasteiger partial charge in [0.25, 0.3) is 0 Å². The summed E-state index contributed by atoms with van der Waals surface area (Å²) in [7, 11) is 1.73. The molecule has 0 amide bonds. The van der Waals surface area contributed by atoms with Crippen LogP contribution in [0.5, 0.6) is 0 Å². The van der Waals surface area contributed by atoms with Crippen LogP contribution in [-0.2, 0) is 0 Å². The zero-order valence-electron chi connectivity index (χ0n) is 11.5. The fourth-order valence-electron chi connectivity index (χ4n) is 2.75. The molecule has 1 fully saturated rings. The summed E-state index contributed by atoms with van der Waals surface area (Å²) < 4.78 is 26.6. The lowest BCUT2D eigenvalue weighted by atomic mass is 9.91. The minimum absolute atomic E-state index is 0.0257. The SMILES string of the molecule is CN(CC(=O)c1cc(F)ccc1F)C1CCCCC1O. The normalized spacial score (nSPS) is 23.1. The van der Waals surface area contributed by atoms with Crippen molar-refractivity contribution in [3.8, 4) is 0 Å². The lowest BCUT2D eigenvalue weighted by molar-refractivity contribution is 0.0321. The second-order valence-electron chi connectivity index (χ2n) is 5.38. The van der Waals surface area contributed by atoms with E-state index in [1.165, 1.54) is 0 Å². The van der Waals surface area contributed by atoms with Crippen LogP contribution in [0.25, 0.3) is 0 Å². The van der Waals surface area contributed by atoms with Crippen molar-refractivity contribution < 1.29 is 18.7 Å². The molecule has 1 aromatic rings. The first kappa shape index (κ1) is 15.1. The predicted molar refractivity (Wildman–Crippen MR) is 71.6 cm³/mol. The van der Waals surface area contributed by atoms with Crippen molar-refractivity contribution in [2.75, 3.05) is 13.6 Å². The van der Waals surface area contributed by atoms with Gasteiger partial charge in [-0.2, -0.15) is 0 Å². The highest BCUT2D eigenvalue weighted by Gasteiger charge is 2.28. The van der Waals surface area contributed by atoms with Gasteiger partial charge in [-0.05, 0) is 38.1 Å². The number of carbonyl (C=O) groups is 1. The largest absolute Gasteiger partial charge is 0.391 e. The lowest BCUT2D eigenvalue weighted by Gasteiger charge is -2.34. The van der Waals surface area contributed by atoms with E-state index in [0.29, 0.717) is 0 Å². The molecule has 0 heterocycles. The Balaban J connectivity index is 2.05. The molecule has 1 N–H and O–H groups in total. The van der Waals surface area contributed by atoms with Gasteiger partial charge in [-0.25, -0.2) is 8.78 Å². The van der Waals surface area contributed by atoms with E-state index in [2.05, 4.69) is 0 Å². The number of nitrogens with zero attached hydrogens (tertiary/aromatic N) is 1. The van der Waals surface area contributed by atoms with Gasteiger partial charge in [-0.3, -0.25) is 9.69 Å². The predicted octanol–water partition coefficient (Wildman–Crippen LogP) is 2.38. The van der Waals surface area contributed by atoms with Gasteiger partial charge >= 0.3 is 0 Å². The van der Waals surface area contributed by atoms with E-state index in [1.54, 1.807) is 11.9 Å². The average Bonchev–Trinajstić information content (AvgIpc) is 2.41. The Kier molecular flexibility index (Phi) is 4.83. The van der Waals surface area contributed by atoms with Gasteiger partial charge in [0.2, 0.25) is 0 Å². The summed E-state index contributed by atoms with van der Waals surface area (Å²) >= 11 is 0. The van der Waals surface area contributed by atoms with E-state index in [4.69, 9.17) is 0 Å². The molecule has 20 heavy (non-hydrogen) atoms. The molecular weight excluding hydrogens is 264 g/mol. The summed E-state index contributed by atoms with van der Waals surface area (Å²) in [4.78, 5) is 13.8. The van der Waals surface area contributed by atoms with Crippen LogP contribution in [0, 0.1) is 11.6 Å². The first-order valence-electron chi connectivity index (χ1n) is 6.85. The molecule has 1 saturated carbocycles. The Bertz CT molecular complexity index is 493. The van der Waals surface area contributed by atoms with Gasteiger partial charge in [-0.1, -0.05) is 12.8 Å². The highest BCUT2D eigenvalue weighted by atomic mass is 19.1. The molecule has 3 nitrogen and oxygen atoms in total. The molecule has 1 aliphatic carbocycles. The zero-order valence-corrected chi connectivity index (χ0v) is 11.5. The molecule has 1 aromatic carbocycles. The molecule has 110 valence electrons. The number of hydrogen-bond donors (Lipinski definition) is 1. The minimum atomic E-state index is -0.714. The number of aliphatic hydroxyl groups is 1. The number of likely N-dealkylation sites (N-methyl/N-ethyl adjacent to an activating group) is 1. The summed E-state index contributed by atoms with van der Waals surface area (Å²) in [5.74, 6) is -1.81. The molecule has 2 rings (SSSR count). The first-order chi connectivity index (χ1) is 9.49. The molecule has 0 aromatic heterocycles. The second-order valence-corrected chi connectivity index (χ2v) is 5.38. The maximum absolute atomic E-state index is 13.5. The maximum Gasteiger partial charge on any atom is 0.179 e. The number of ketones is 1. The van der Waals surface area contributed by atoms with E-state index in [-0.39, 0.29) is 18.2 Å². The van der Waals surface area contributed by atoms with Crippen molar-refractivity contribution in [3.63, 3.8) is 0 Å². The molecule has 5 heteroatoms. The molecule has 2 atom stereocenters. The van der Waals surface area contributed by atoms with Gasteiger partial charge in [0.1, 0.15) is 11.6 Å². The van der Waals surface area contributed by atoms with Crippen LogP contribution in [0.2, 0.25) is 0 Å². The number of aliphatic hydroxyl groups excluding tert-OH is 1. The summed E-state index contributed by atoms with van der Waals surface area (Å²) in [6.07, 6.45) is 3.07. The van der Waals surface area contributed by atoms with Crippen LogP contribution >= 0.6 is 0 Å². The van der Waals surface area contributed by atoms with Crippen LogP contribution in [0.3, 0.4) is 0 Å². The summed E-state index contributed by atoms with van der Waals surface area (Å²) in [5.41, 5.74) is -0.234. The smallest absolute Gasteiger partial charge is 0.179 e. The van der Waals surface area contributed by atoms with Crippen LogP contribution in [0.15, 0.2) is 18.2 Å². The van der Waals surface area contributed by atoms with E-state index < -0.39 is 23.5 Å². The van der Waals surface area contributed by atoms with Crippen molar-refractivity contribution in [3.05, 3.63) is 35.4 Å². The third kappa shape index (κ3) is 3.41. The number of Topliss-reactive ketones (excluding diaryl/α,β-unsaturated/α-hetero) is 1. The number of carbonyl (C=O) groups excluding carboxylic acids is 1. The topological polar surface area (TPSA) is 40.5 Å². The molecule has 0 spiro atoms.